The zero-order valence-corrected chi connectivity index (χ0v) is 13.1. The number of hydrogen-bond acceptors (Lipinski definition) is 4. The molecule has 1 aliphatic rings. The molecule has 1 heterocycles. The quantitative estimate of drug-likeness (QED) is 0.914. The molecule has 2 N–H and O–H groups in total. The number of nitrogens with zero attached hydrogens (tertiary/aromatic N) is 1. The Morgan fingerprint density at radius 2 is 2.32 bits per heavy atom. The minimum Gasteiger partial charge on any atom is -0.497 e. The molecule has 0 saturated heterocycles. The molecule has 2 aromatic rings. The summed E-state index contributed by atoms with van der Waals surface area (Å²) < 4.78 is 6.24. The fraction of sp³-hybridized carbons (Fsp3) is 0.357. The molecule has 3 rings (SSSR count). The van der Waals surface area contributed by atoms with E-state index in [0.717, 1.165) is 34.5 Å². The lowest BCUT2D eigenvalue weighted by Crippen LogP contribution is -2.41. The summed E-state index contributed by atoms with van der Waals surface area (Å²) in [4.78, 5) is 5.79. The molecular formula is C14H15BrN2OS. The highest BCUT2D eigenvalue weighted by molar-refractivity contribution is 9.11. The van der Waals surface area contributed by atoms with Crippen molar-refractivity contribution in [2.24, 2.45) is 5.73 Å². The summed E-state index contributed by atoms with van der Waals surface area (Å²) in [6, 6.07) is 8.08. The number of fused-ring (bicyclic) bond motifs is 1. The number of aromatic nitrogens is 1. The highest BCUT2D eigenvalue weighted by atomic mass is 79.9. The number of hydrogen-bond donors (Lipinski definition) is 1. The number of nitrogens with two attached hydrogens (primary N) is 1. The van der Waals surface area contributed by atoms with Gasteiger partial charge in [-0.3, -0.25) is 0 Å². The van der Waals surface area contributed by atoms with Gasteiger partial charge in [-0.05, 0) is 46.5 Å². The predicted octanol–water partition coefficient (Wildman–Crippen LogP) is 3.26. The Labute approximate surface area is 124 Å². The summed E-state index contributed by atoms with van der Waals surface area (Å²) in [6.07, 6.45) is 2.70. The molecule has 3 nitrogen and oxygen atoms in total. The van der Waals surface area contributed by atoms with E-state index in [1.807, 2.05) is 18.2 Å². The lowest BCUT2D eigenvalue weighted by molar-refractivity contribution is 0.379. The smallest absolute Gasteiger partial charge is 0.159 e. The number of rotatable bonds is 2. The van der Waals surface area contributed by atoms with Crippen LogP contribution in [0.25, 0.3) is 0 Å². The number of thiazole rings is 1. The van der Waals surface area contributed by atoms with Gasteiger partial charge in [0.25, 0.3) is 0 Å². The third kappa shape index (κ3) is 2.42. The summed E-state index contributed by atoms with van der Waals surface area (Å²) >= 11 is 5.15. The second kappa shape index (κ2) is 4.89. The Morgan fingerprint density at radius 3 is 3.11 bits per heavy atom. The molecule has 0 aliphatic heterocycles. The molecule has 0 spiro atoms. The van der Waals surface area contributed by atoms with Gasteiger partial charge in [0, 0.05) is 16.8 Å². The van der Waals surface area contributed by atoms with Crippen LogP contribution < -0.4 is 10.5 Å². The maximum absolute atomic E-state index is 6.64. The van der Waals surface area contributed by atoms with Gasteiger partial charge in [0.2, 0.25) is 0 Å². The Hall–Kier alpha value is -0.910. The third-order valence-corrected chi connectivity index (χ3v) is 5.23. The summed E-state index contributed by atoms with van der Waals surface area (Å²) in [5.41, 5.74) is 8.66. The number of aryl methyl sites for hydroxylation is 1. The first kappa shape index (κ1) is 13.1. The van der Waals surface area contributed by atoms with E-state index in [2.05, 4.69) is 27.0 Å². The van der Waals surface area contributed by atoms with Crippen LogP contribution in [0.3, 0.4) is 0 Å². The molecule has 1 aromatic heterocycles. The van der Waals surface area contributed by atoms with Gasteiger partial charge in [0.1, 0.15) is 5.75 Å². The van der Waals surface area contributed by atoms with Crippen molar-refractivity contribution in [3.63, 3.8) is 0 Å². The predicted molar refractivity (Wildman–Crippen MR) is 80.7 cm³/mol. The van der Waals surface area contributed by atoms with E-state index in [0.29, 0.717) is 0 Å². The minimum absolute atomic E-state index is 0.312. The highest BCUT2D eigenvalue weighted by Crippen LogP contribution is 2.38. The van der Waals surface area contributed by atoms with Crippen molar-refractivity contribution >= 4 is 27.3 Å². The van der Waals surface area contributed by atoms with Gasteiger partial charge in [-0.15, -0.1) is 11.3 Å². The third-order valence-electron chi connectivity index (χ3n) is 3.68. The molecule has 1 atom stereocenters. The molecule has 0 bridgehead atoms. The Balaban J connectivity index is 1.96. The lowest BCUT2D eigenvalue weighted by atomic mass is 9.78. The monoisotopic (exact) mass is 338 g/mol. The fourth-order valence-electron chi connectivity index (χ4n) is 2.58. The van der Waals surface area contributed by atoms with E-state index in [9.17, 15) is 0 Å². The van der Waals surface area contributed by atoms with Gasteiger partial charge >= 0.3 is 0 Å². The van der Waals surface area contributed by atoms with Gasteiger partial charge < -0.3 is 10.5 Å². The SMILES string of the molecule is COc1cccc(C2(N)CCc3nc(Br)sc3C2)c1. The van der Waals surface area contributed by atoms with Crippen molar-refractivity contribution in [3.05, 3.63) is 44.3 Å². The van der Waals surface area contributed by atoms with Crippen molar-refractivity contribution < 1.29 is 4.74 Å². The van der Waals surface area contributed by atoms with Crippen LogP contribution in [0.2, 0.25) is 0 Å². The molecule has 5 heteroatoms. The first-order valence-corrected chi connectivity index (χ1v) is 7.79. The summed E-state index contributed by atoms with van der Waals surface area (Å²) in [7, 11) is 1.68. The van der Waals surface area contributed by atoms with Crippen LogP contribution in [0.1, 0.15) is 22.6 Å². The molecule has 0 amide bonds. The second-order valence-corrected chi connectivity index (χ2v) is 7.26. The van der Waals surface area contributed by atoms with Crippen LogP contribution in [0.4, 0.5) is 0 Å². The molecule has 19 heavy (non-hydrogen) atoms. The molecule has 1 unspecified atom stereocenters. The molecular weight excluding hydrogens is 324 g/mol. The Bertz CT molecular complexity index is 613. The number of benzene rings is 1. The number of methoxy groups -OCH3 is 1. The van der Waals surface area contributed by atoms with Crippen LogP contribution in [0, 0.1) is 0 Å². The standard InChI is InChI=1S/C14H15BrN2OS/c1-18-10-4-2-3-9(7-10)14(16)6-5-11-12(8-14)19-13(15)17-11/h2-4,7H,5-6,8,16H2,1H3. The van der Waals surface area contributed by atoms with Crippen molar-refractivity contribution in [1.29, 1.82) is 0 Å². The van der Waals surface area contributed by atoms with Crippen LogP contribution in [-0.4, -0.2) is 12.1 Å². The molecule has 1 aliphatic carbocycles. The highest BCUT2D eigenvalue weighted by Gasteiger charge is 2.34. The summed E-state index contributed by atoms with van der Waals surface area (Å²) in [5.74, 6) is 0.860. The summed E-state index contributed by atoms with van der Waals surface area (Å²) in [6.45, 7) is 0. The van der Waals surface area contributed by atoms with Crippen molar-refractivity contribution in [3.8, 4) is 5.75 Å². The minimum atomic E-state index is -0.312. The van der Waals surface area contributed by atoms with Crippen LogP contribution >= 0.6 is 27.3 Å². The van der Waals surface area contributed by atoms with Crippen LogP contribution in [0.5, 0.6) is 5.75 Å². The molecule has 0 saturated carbocycles. The average molecular weight is 339 g/mol. The van der Waals surface area contributed by atoms with E-state index in [-0.39, 0.29) is 5.54 Å². The Morgan fingerprint density at radius 1 is 1.47 bits per heavy atom. The van der Waals surface area contributed by atoms with E-state index in [1.165, 1.54) is 10.6 Å². The first-order chi connectivity index (χ1) is 9.10. The zero-order chi connectivity index (χ0) is 13.5. The topological polar surface area (TPSA) is 48.1 Å². The number of ether oxygens (including phenoxy) is 1. The second-order valence-electron chi connectivity index (χ2n) is 4.90. The molecule has 100 valence electrons. The van der Waals surface area contributed by atoms with E-state index in [1.54, 1.807) is 18.4 Å². The fourth-order valence-corrected chi connectivity index (χ4v) is 4.34. The molecule has 0 radical (unpaired) electrons. The van der Waals surface area contributed by atoms with Gasteiger partial charge in [0.05, 0.1) is 12.8 Å². The van der Waals surface area contributed by atoms with Gasteiger partial charge in [-0.1, -0.05) is 12.1 Å². The zero-order valence-electron chi connectivity index (χ0n) is 10.6. The van der Waals surface area contributed by atoms with E-state index < -0.39 is 0 Å². The van der Waals surface area contributed by atoms with Crippen molar-refractivity contribution in [2.45, 2.75) is 24.8 Å². The van der Waals surface area contributed by atoms with Crippen molar-refractivity contribution in [2.75, 3.05) is 7.11 Å². The lowest BCUT2D eigenvalue weighted by Gasteiger charge is -2.33. The van der Waals surface area contributed by atoms with Gasteiger partial charge in [-0.25, -0.2) is 4.98 Å². The average Bonchev–Trinajstić information content (AvgIpc) is 2.78. The van der Waals surface area contributed by atoms with Crippen molar-refractivity contribution in [1.82, 2.24) is 4.98 Å². The normalized spacial score (nSPS) is 22.1. The van der Waals surface area contributed by atoms with E-state index >= 15 is 0 Å². The molecule has 1 aromatic carbocycles. The summed E-state index contributed by atoms with van der Waals surface area (Å²) in [5, 5.41) is 0. The maximum Gasteiger partial charge on any atom is 0.159 e. The number of halogens is 1. The largest absolute Gasteiger partial charge is 0.497 e. The first-order valence-electron chi connectivity index (χ1n) is 6.18. The maximum atomic E-state index is 6.64. The van der Waals surface area contributed by atoms with Gasteiger partial charge in [0.15, 0.2) is 3.92 Å². The molecule has 0 fully saturated rings. The Kier molecular flexibility index (Phi) is 3.37. The van der Waals surface area contributed by atoms with Crippen LogP contribution in [0.15, 0.2) is 28.2 Å². The van der Waals surface area contributed by atoms with Crippen LogP contribution in [-0.2, 0) is 18.4 Å². The van der Waals surface area contributed by atoms with E-state index in [4.69, 9.17) is 10.5 Å². The van der Waals surface area contributed by atoms with Gasteiger partial charge in [-0.2, -0.15) is 0 Å².